The van der Waals surface area contributed by atoms with Crippen LogP contribution in [0.25, 0.3) is 0 Å². The number of hydrogen-bond donors (Lipinski definition) is 1. The van der Waals surface area contributed by atoms with Crippen LogP contribution in [-0.4, -0.2) is 21.0 Å². The number of aryl methyl sites for hydroxylation is 1. The predicted octanol–water partition coefficient (Wildman–Crippen LogP) is 2.19. The maximum Gasteiger partial charge on any atom is 0.319 e. The van der Waals surface area contributed by atoms with Crippen molar-refractivity contribution in [2.24, 2.45) is 0 Å². The van der Waals surface area contributed by atoms with E-state index >= 15 is 0 Å². The van der Waals surface area contributed by atoms with E-state index in [0.29, 0.717) is 5.76 Å². The molecule has 0 aliphatic rings. The van der Waals surface area contributed by atoms with Crippen LogP contribution < -0.4 is 5.32 Å². The topological polar surface area (TPSA) is 111 Å². The third-order valence-electron chi connectivity index (χ3n) is 2.18. The quantitative estimate of drug-likeness (QED) is 0.525. The highest BCUT2D eigenvalue weighted by atomic mass is 35.5. The van der Waals surface area contributed by atoms with Crippen LogP contribution in [0.1, 0.15) is 16.1 Å². The molecule has 0 spiro atoms. The monoisotopic (exact) mass is 282 g/mol. The van der Waals surface area contributed by atoms with E-state index in [9.17, 15) is 14.9 Å². The molecule has 2 aromatic heterocycles. The number of carbonyl (C=O) groups is 1. The second kappa shape index (κ2) is 5.02. The first-order valence-electron chi connectivity index (χ1n) is 5.02. The Morgan fingerprint density at radius 2 is 2.32 bits per heavy atom. The van der Waals surface area contributed by atoms with Crippen molar-refractivity contribution < 1.29 is 14.2 Å². The number of halogens is 1. The summed E-state index contributed by atoms with van der Waals surface area (Å²) >= 11 is 5.61. The lowest BCUT2D eigenvalue weighted by molar-refractivity contribution is -0.385. The highest BCUT2D eigenvalue weighted by Crippen LogP contribution is 2.26. The van der Waals surface area contributed by atoms with Gasteiger partial charge in [-0.1, -0.05) is 16.8 Å². The van der Waals surface area contributed by atoms with E-state index in [1.165, 1.54) is 18.3 Å². The smallest absolute Gasteiger partial charge is 0.319 e. The third-order valence-corrected chi connectivity index (χ3v) is 2.45. The molecular weight excluding hydrogens is 276 g/mol. The van der Waals surface area contributed by atoms with E-state index in [0.717, 1.165) is 0 Å². The van der Waals surface area contributed by atoms with Gasteiger partial charge in [0.25, 0.3) is 5.91 Å². The Labute approximate surface area is 111 Å². The number of pyridine rings is 1. The number of hydrogen-bond acceptors (Lipinski definition) is 6. The Kier molecular flexibility index (Phi) is 3.43. The van der Waals surface area contributed by atoms with Crippen molar-refractivity contribution in [3.63, 3.8) is 0 Å². The van der Waals surface area contributed by atoms with Gasteiger partial charge in [-0.05, 0) is 13.0 Å². The van der Waals surface area contributed by atoms with Gasteiger partial charge in [0.1, 0.15) is 11.3 Å². The number of amides is 1. The number of nitro groups is 1. The van der Waals surface area contributed by atoms with Crippen LogP contribution in [0.4, 0.5) is 11.5 Å². The number of aromatic nitrogens is 2. The Hall–Kier alpha value is -2.48. The zero-order chi connectivity index (χ0) is 14.0. The van der Waals surface area contributed by atoms with Crippen LogP contribution in [0.5, 0.6) is 0 Å². The molecular formula is C10H7ClN4O4. The van der Waals surface area contributed by atoms with Gasteiger partial charge >= 0.3 is 5.69 Å². The van der Waals surface area contributed by atoms with E-state index < -0.39 is 16.5 Å². The summed E-state index contributed by atoms with van der Waals surface area (Å²) in [4.78, 5) is 25.6. The molecule has 0 aliphatic carbocycles. The lowest BCUT2D eigenvalue weighted by Gasteiger charge is -2.03. The Morgan fingerprint density at radius 3 is 2.89 bits per heavy atom. The van der Waals surface area contributed by atoms with Crippen LogP contribution in [0.2, 0.25) is 5.15 Å². The second-order valence-electron chi connectivity index (χ2n) is 3.53. The van der Waals surface area contributed by atoms with E-state index in [1.807, 2.05) is 0 Å². The lowest BCUT2D eigenvalue weighted by Crippen LogP contribution is -2.14. The molecule has 0 atom stereocenters. The lowest BCUT2D eigenvalue weighted by atomic mass is 10.2. The summed E-state index contributed by atoms with van der Waals surface area (Å²) in [5, 5.41) is 16.4. The van der Waals surface area contributed by atoms with Crippen molar-refractivity contribution in [1.82, 2.24) is 10.1 Å². The number of nitrogens with zero attached hydrogens (tertiary/aromatic N) is 3. The molecule has 0 saturated heterocycles. The largest absolute Gasteiger partial charge is 0.360 e. The fourth-order valence-corrected chi connectivity index (χ4v) is 1.62. The minimum atomic E-state index is -0.766. The van der Waals surface area contributed by atoms with Crippen LogP contribution >= 0.6 is 11.6 Å². The number of nitrogens with one attached hydrogen (secondary N) is 1. The highest BCUT2D eigenvalue weighted by molar-refractivity contribution is 6.32. The average molecular weight is 283 g/mol. The minimum Gasteiger partial charge on any atom is -0.360 e. The van der Waals surface area contributed by atoms with Crippen LogP contribution in [-0.2, 0) is 0 Å². The molecule has 8 nitrogen and oxygen atoms in total. The predicted molar refractivity (Wildman–Crippen MR) is 65.1 cm³/mol. The SMILES string of the molecule is Cc1cc(NC(=O)c2ccnc(Cl)c2[N+](=O)[O-])no1. The Morgan fingerprint density at radius 1 is 1.58 bits per heavy atom. The summed E-state index contributed by atoms with van der Waals surface area (Å²) in [6.07, 6.45) is 1.21. The van der Waals surface area contributed by atoms with Crippen LogP contribution in [0.15, 0.2) is 22.9 Å². The van der Waals surface area contributed by atoms with Gasteiger partial charge in [0, 0.05) is 12.3 Å². The third kappa shape index (κ3) is 2.68. The Balaban J connectivity index is 2.34. The highest BCUT2D eigenvalue weighted by Gasteiger charge is 2.25. The molecule has 0 fully saturated rings. The molecule has 2 heterocycles. The van der Waals surface area contributed by atoms with Crippen molar-refractivity contribution in [3.05, 3.63) is 44.9 Å². The second-order valence-corrected chi connectivity index (χ2v) is 3.89. The van der Waals surface area contributed by atoms with Gasteiger partial charge in [-0.2, -0.15) is 0 Å². The zero-order valence-corrected chi connectivity index (χ0v) is 10.3. The molecule has 2 rings (SSSR count). The summed E-state index contributed by atoms with van der Waals surface area (Å²) in [6.45, 7) is 1.65. The zero-order valence-electron chi connectivity index (χ0n) is 9.58. The van der Waals surface area contributed by atoms with Gasteiger partial charge in [-0.25, -0.2) is 4.98 Å². The van der Waals surface area contributed by atoms with Crippen molar-refractivity contribution >= 4 is 29.0 Å². The van der Waals surface area contributed by atoms with Gasteiger partial charge < -0.3 is 9.84 Å². The molecule has 0 radical (unpaired) electrons. The van der Waals surface area contributed by atoms with Crippen molar-refractivity contribution in [3.8, 4) is 0 Å². The standard InChI is InChI=1S/C10H7ClN4O4/c1-5-4-7(14-19-5)13-10(16)6-2-3-12-9(11)8(6)15(17)18/h2-4H,1H3,(H,13,14,16). The first-order chi connectivity index (χ1) is 8.99. The minimum absolute atomic E-state index is 0.157. The van der Waals surface area contributed by atoms with Gasteiger partial charge in [0.15, 0.2) is 5.82 Å². The fraction of sp³-hybridized carbons (Fsp3) is 0.100. The van der Waals surface area contributed by atoms with E-state index in [2.05, 4.69) is 15.5 Å². The average Bonchev–Trinajstić information content (AvgIpc) is 2.73. The molecule has 9 heteroatoms. The molecule has 1 N–H and O–H groups in total. The van der Waals surface area contributed by atoms with Crippen LogP contribution in [0, 0.1) is 17.0 Å². The molecule has 98 valence electrons. The summed E-state index contributed by atoms with van der Waals surface area (Å²) < 4.78 is 4.77. The van der Waals surface area contributed by atoms with Gasteiger partial charge in [-0.3, -0.25) is 14.9 Å². The van der Waals surface area contributed by atoms with Gasteiger partial charge in [-0.15, -0.1) is 0 Å². The van der Waals surface area contributed by atoms with Gasteiger partial charge in [0.05, 0.1) is 4.92 Å². The first-order valence-corrected chi connectivity index (χ1v) is 5.40. The van der Waals surface area contributed by atoms with E-state index in [-0.39, 0.29) is 16.5 Å². The van der Waals surface area contributed by atoms with E-state index in [1.54, 1.807) is 6.92 Å². The number of anilines is 1. The maximum atomic E-state index is 11.9. The van der Waals surface area contributed by atoms with Crippen molar-refractivity contribution in [1.29, 1.82) is 0 Å². The maximum absolute atomic E-state index is 11.9. The molecule has 0 aromatic carbocycles. The van der Waals surface area contributed by atoms with Crippen molar-refractivity contribution in [2.45, 2.75) is 6.92 Å². The fourth-order valence-electron chi connectivity index (χ4n) is 1.39. The molecule has 0 aliphatic heterocycles. The number of rotatable bonds is 3. The summed E-state index contributed by atoms with van der Waals surface area (Å²) in [7, 11) is 0. The molecule has 19 heavy (non-hydrogen) atoms. The molecule has 0 bridgehead atoms. The summed E-state index contributed by atoms with van der Waals surface area (Å²) in [5.41, 5.74) is -0.757. The Bertz CT molecular complexity index is 655. The van der Waals surface area contributed by atoms with Crippen LogP contribution in [0.3, 0.4) is 0 Å². The number of carbonyl (C=O) groups excluding carboxylic acids is 1. The summed E-state index contributed by atoms with van der Waals surface area (Å²) in [6, 6.07) is 2.68. The molecule has 0 unspecified atom stereocenters. The summed E-state index contributed by atoms with van der Waals surface area (Å²) in [5.74, 6) is -0.0633. The molecule has 1 amide bonds. The van der Waals surface area contributed by atoms with Crippen molar-refractivity contribution in [2.75, 3.05) is 5.32 Å². The first kappa shape index (κ1) is 13.0. The molecule has 2 aromatic rings. The van der Waals surface area contributed by atoms with E-state index in [4.69, 9.17) is 16.1 Å². The molecule has 0 saturated carbocycles. The van der Waals surface area contributed by atoms with Gasteiger partial charge in [0.2, 0.25) is 5.15 Å². The normalized spacial score (nSPS) is 10.2.